The van der Waals surface area contributed by atoms with Crippen LogP contribution in [0.4, 0.5) is 0 Å². The fourth-order valence-corrected chi connectivity index (χ4v) is 1.30. The van der Waals surface area contributed by atoms with Gasteiger partial charge < -0.3 is 10.6 Å². The van der Waals surface area contributed by atoms with Gasteiger partial charge in [0.1, 0.15) is 0 Å². The maximum Gasteiger partial charge on any atom is 0.219 e. The van der Waals surface area contributed by atoms with Gasteiger partial charge in [-0.1, -0.05) is 0 Å². The van der Waals surface area contributed by atoms with E-state index in [1.54, 1.807) is 6.92 Å². The first-order chi connectivity index (χ1) is 4.70. The summed E-state index contributed by atoms with van der Waals surface area (Å²) < 4.78 is 0. The summed E-state index contributed by atoms with van der Waals surface area (Å²) in [6, 6.07) is 0.206. The highest BCUT2D eigenvalue weighted by molar-refractivity contribution is 5.73. The Bertz CT molecular complexity index is 136. The lowest BCUT2D eigenvalue weighted by atomic mass is 10.1. The van der Waals surface area contributed by atoms with Gasteiger partial charge in [0.05, 0.1) is 0 Å². The monoisotopic (exact) mass is 142 g/mol. The molecule has 0 bridgehead atoms. The molecule has 2 N–H and O–H groups in total. The van der Waals surface area contributed by atoms with Gasteiger partial charge in [0.15, 0.2) is 0 Å². The number of rotatable bonds is 0. The second-order valence-electron chi connectivity index (χ2n) is 2.87. The molecule has 1 heterocycles. The molecule has 0 spiro atoms. The van der Waals surface area contributed by atoms with Gasteiger partial charge in [0, 0.05) is 26.1 Å². The Kier molecular flexibility index (Phi) is 2.27. The Morgan fingerprint density at radius 1 is 1.70 bits per heavy atom. The van der Waals surface area contributed by atoms with Crippen LogP contribution in [0, 0.1) is 0 Å². The smallest absolute Gasteiger partial charge is 0.219 e. The summed E-state index contributed by atoms with van der Waals surface area (Å²) >= 11 is 0. The van der Waals surface area contributed by atoms with Crippen molar-refractivity contribution in [2.75, 3.05) is 13.1 Å². The Morgan fingerprint density at radius 2 is 2.40 bits per heavy atom. The van der Waals surface area contributed by atoms with Crippen LogP contribution in [0.3, 0.4) is 0 Å². The summed E-state index contributed by atoms with van der Waals surface area (Å²) in [4.78, 5) is 12.6. The number of nitrogens with zero attached hydrogens (tertiary/aromatic N) is 1. The molecule has 0 aromatic heterocycles. The third kappa shape index (κ3) is 1.70. The minimum atomic E-state index is 0.148. The van der Waals surface area contributed by atoms with Crippen molar-refractivity contribution in [2.45, 2.75) is 25.8 Å². The van der Waals surface area contributed by atoms with E-state index in [9.17, 15) is 4.79 Å². The van der Waals surface area contributed by atoms with Crippen LogP contribution < -0.4 is 5.73 Å². The summed E-state index contributed by atoms with van der Waals surface area (Å²) in [5, 5.41) is 0. The van der Waals surface area contributed by atoms with Crippen LogP contribution in [0.5, 0.6) is 0 Å². The number of amides is 1. The molecule has 0 saturated carbocycles. The SMILES string of the molecule is CC(=O)N1CCCC(N)C1. The molecule has 1 rings (SSSR count). The molecule has 1 aliphatic rings. The molecule has 0 aliphatic carbocycles. The highest BCUT2D eigenvalue weighted by Crippen LogP contribution is 2.07. The number of likely N-dealkylation sites (tertiary alicyclic amines) is 1. The number of nitrogens with two attached hydrogens (primary N) is 1. The first-order valence-electron chi connectivity index (χ1n) is 3.71. The fraction of sp³-hybridized carbons (Fsp3) is 0.857. The van der Waals surface area contributed by atoms with Gasteiger partial charge in [0.25, 0.3) is 0 Å². The molecule has 1 unspecified atom stereocenters. The van der Waals surface area contributed by atoms with Gasteiger partial charge in [-0.15, -0.1) is 0 Å². The molecular formula is C7H14N2O. The van der Waals surface area contributed by atoms with Crippen LogP contribution in [-0.2, 0) is 4.79 Å². The molecule has 3 nitrogen and oxygen atoms in total. The van der Waals surface area contributed by atoms with Crippen molar-refractivity contribution in [3.8, 4) is 0 Å². The zero-order valence-electron chi connectivity index (χ0n) is 6.34. The van der Waals surface area contributed by atoms with E-state index in [0.29, 0.717) is 0 Å². The summed E-state index contributed by atoms with van der Waals surface area (Å²) in [6.07, 6.45) is 2.12. The molecule has 10 heavy (non-hydrogen) atoms. The van der Waals surface area contributed by atoms with E-state index < -0.39 is 0 Å². The third-order valence-electron chi connectivity index (χ3n) is 1.90. The Balaban J connectivity index is 2.39. The fourth-order valence-electron chi connectivity index (χ4n) is 1.30. The van der Waals surface area contributed by atoms with Crippen LogP contribution in [0.25, 0.3) is 0 Å². The number of hydrogen-bond donors (Lipinski definition) is 1. The first-order valence-corrected chi connectivity index (χ1v) is 3.71. The van der Waals surface area contributed by atoms with E-state index in [1.807, 2.05) is 4.90 Å². The van der Waals surface area contributed by atoms with Crippen molar-refractivity contribution in [1.29, 1.82) is 0 Å². The van der Waals surface area contributed by atoms with Crippen molar-refractivity contribution >= 4 is 5.91 Å². The summed E-state index contributed by atoms with van der Waals surface area (Å²) in [5.41, 5.74) is 5.67. The van der Waals surface area contributed by atoms with Gasteiger partial charge in [0.2, 0.25) is 5.91 Å². The molecule has 1 aliphatic heterocycles. The lowest BCUT2D eigenvalue weighted by Gasteiger charge is -2.29. The second-order valence-corrected chi connectivity index (χ2v) is 2.87. The van der Waals surface area contributed by atoms with Crippen LogP contribution in [0.15, 0.2) is 0 Å². The molecular weight excluding hydrogens is 128 g/mol. The summed E-state index contributed by atoms with van der Waals surface area (Å²) in [5.74, 6) is 0.148. The van der Waals surface area contributed by atoms with Crippen molar-refractivity contribution in [3.05, 3.63) is 0 Å². The zero-order chi connectivity index (χ0) is 7.56. The van der Waals surface area contributed by atoms with E-state index in [-0.39, 0.29) is 11.9 Å². The molecule has 1 fully saturated rings. The van der Waals surface area contributed by atoms with Gasteiger partial charge >= 0.3 is 0 Å². The van der Waals surface area contributed by atoms with E-state index in [0.717, 1.165) is 25.9 Å². The van der Waals surface area contributed by atoms with Gasteiger partial charge in [-0.2, -0.15) is 0 Å². The number of carbonyl (C=O) groups excluding carboxylic acids is 1. The maximum atomic E-state index is 10.8. The molecule has 1 saturated heterocycles. The lowest BCUT2D eigenvalue weighted by Crippen LogP contribution is -2.44. The standard InChI is InChI=1S/C7H14N2O/c1-6(10)9-4-2-3-7(8)5-9/h7H,2-5,8H2,1H3. The highest BCUT2D eigenvalue weighted by Gasteiger charge is 2.17. The number of piperidine rings is 1. The van der Waals surface area contributed by atoms with Crippen LogP contribution in [0.1, 0.15) is 19.8 Å². The number of hydrogen-bond acceptors (Lipinski definition) is 2. The molecule has 0 aromatic rings. The average molecular weight is 142 g/mol. The first kappa shape index (κ1) is 7.54. The minimum Gasteiger partial charge on any atom is -0.341 e. The van der Waals surface area contributed by atoms with Gasteiger partial charge in [-0.05, 0) is 12.8 Å². The topological polar surface area (TPSA) is 46.3 Å². The van der Waals surface area contributed by atoms with Crippen LogP contribution >= 0.6 is 0 Å². The predicted octanol–water partition coefficient (Wildman–Crippen LogP) is -0.0440. The normalized spacial score (nSPS) is 26.6. The van der Waals surface area contributed by atoms with Crippen molar-refractivity contribution < 1.29 is 4.79 Å². The van der Waals surface area contributed by atoms with E-state index >= 15 is 0 Å². The summed E-state index contributed by atoms with van der Waals surface area (Å²) in [6.45, 7) is 3.23. The largest absolute Gasteiger partial charge is 0.341 e. The number of carbonyl (C=O) groups is 1. The average Bonchev–Trinajstić information content (AvgIpc) is 1.88. The van der Waals surface area contributed by atoms with Crippen molar-refractivity contribution in [3.63, 3.8) is 0 Å². The Morgan fingerprint density at radius 3 is 2.80 bits per heavy atom. The van der Waals surface area contributed by atoms with Crippen molar-refractivity contribution in [1.82, 2.24) is 4.90 Å². The van der Waals surface area contributed by atoms with Crippen LogP contribution in [-0.4, -0.2) is 29.9 Å². The second kappa shape index (κ2) is 3.01. The molecule has 58 valence electrons. The summed E-state index contributed by atoms with van der Waals surface area (Å²) in [7, 11) is 0. The molecule has 0 radical (unpaired) electrons. The molecule has 0 aromatic carbocycles. The Labute approximate surface area is 61.2 Å². The molecule has 1 amide bonds. The van der Waals surface area contributed by atoms with Crippen molar-refractivity contribution in [2.24, 2.45) is 5.73 Å². The van der Waals surface area contributed by atoms with E-state index in [2.05, 4.69) is 0 Å². The maximum absolute atomic E-state index is 10.8. The Hall–Kier alpha value is -0.570. The third-order valence-corrected chi connectivity index (χ3v) is 1.90. The van der Waals surface area contributed by atoms with Crippen LogP contribution in [0.2, 0.25) is 0 Å². The molecule has 3 heteroatoms. The zero-order valence-corrected chi connectivity index (χ0v) is 6.34. The van der Waals surface area contributed by atoms with E-state index in [1.165, 1.54) is 0 Å². The predicted molar refractivity (Wildman–Crippen MR) is 39.5 cm³/mol. The van der Waals surface area contributed by atoms with Gasteiger partial charge in [-0.3, -0.25) is 4.79 Å². The molecule has 1 atom stereocenters. The van der Waals surface area contributed by atoms with Gasteiger partial charge in [-0.25, -0.2) is 0 Å². The highest BCUT2D eigenvalue weighted by atomic mass is 16.2. The lowest BCUT2D eigenvalue weighted by molar-refractivity contribution is -0.129. The van der Waals surface area contributed by atoms with E-state index in [4.69, 9.17) is 5.73 Å². The quantitative estimate of drug-likeness (QED) is 0.515. The minimum absolute atomic E-state index is 0.148.